The van der Waals surface area contributed by atoms with Crippen LogP contribution in [0.5, 0.6) is 0 Å². The molecule has 2 aliphatic heterocycles. The molecule has 2 fully saturated rings. The zero-order valence-corrected chi connectivity index (χ0v) is 14.2. The maximum atomic E-state index is 2.65. The van der Waals surface area contributed by atoms with Crippen LogP contribution in [0.2, 0.25) is 37.2 Å². The second kappa shape index (κ2) is 6.16. The Morgan fingerprint density at radius 3 is 2.11 bits per heavy atom. The summed E-state index contributed by atoms with van der Waals surface area (Å²) < 4.78 is 0. The highest BCUT2D eigenvalue weighted by Crippen LogP contribution is 2.51. The largest absolute Gasteiger partial charge is 0.143 e. The van der Waals surface area contributed by atoms with Crippen molar-refractivity contribution in [1.82, 2.24) is 0 Å². The molecule has 18 heavy (non-hydrogen) atoms. The Hall–Kier alpha value is 0.282. The van der Waals surface area contributed by atoms with Crippen LogP contribution >= 0.6 is 0 Å². The van der Waals surface area contributed by atoms with Gasteiger partial charge in [-0.25, -0.2) is 0 Å². The van der Waals surface area contributed by atoms with E-state index in [9.17, 15) is 0 Å². The molecule has 0 aliphatic carbocycles. The molecule has 0 aromatic carbocycles. The minimum absolute atomic E-state index is 0.988. The van der Waals surface area contributed by atoms with Gasteiger partial charge in [0.2, 0.25) is 0 Å². The molecule has 0 radical (unpaired) electrons. The van der Waals surface area contributed by atoms with Crippen molar-refractivity contribution in [3.63, 3.8) is 0 Å². The van der Waals surface area contributed by atoms with Crippen molar-refractivity contribution in [3.05, 3.63) is 0 Å². The van der Waals surface area contributed by atoms with Gasteiger partial charge in [-0.3, -0.25) is 0 Å². The Labute approximate surface area is 116 Å². The summed E-state index contributed by atoms with van der Waals surface area (Å²) in [5, 5.41) is 0. The van der Waals surface area contributed by atoms with Gasteiger partial charge in [0, 0.05) is 8.07 Å². The highest BCUT2D eigenvalue weighted by Gasteiger charge is 2.46. The summed E-state index contributed by atoms with van der Waals surface area (Å²) in [5.41, 5.74) is 1.14. The van der Waals surface area contributed by atoms with Crippen LogP contribution in [0.1, 0.15) is 58.3 Å². The molecule has 2 heterocycles. The van der Waals surface area contributed by atoms with Gasteiger partial charge in [-0.15, -0.1) is 0 Å². The van der Waals surface area contributed by atoms with E-state index in [1.807, 2.05) is 0 Å². The van der Waals surface area contributed by atoms with E-state index >= 15 is 0 Å². The molecule has 0 aromatic heterocycles. The van der Waals surface area contributed by atoms with Crippen LogP contribution in [0.15, 0.2) is 0 Å². The van der Waals surface area contributed by atoms with E-state index in [1.54, 1.807) is 44.8 Å². The molecule has 0 aromatic rings. The van der Waals surface area contributed by atoms with Crippen LogP contribution < -0.4 is 0 Å². The highest BCUT2D eigenvalue weighted by molar-refractivity contribution is 6.90. The maximum absolute atomic E-state index is 2.65. The Kier molecular flexibility index (Phi) is 5.02. The van der Waals surface area contributed by atoms with Gasteiger partial charge in [0.15, 0.2) is 0 Å². The fourth-order valence-electron chi connectivity index (χ4n) is 5.21. The lowest BCUT2D eigenvalue weighted by Gasteiger charge is -2.39. The van der Waals surface area contributed by atoms with Gasteiger partial charge in [-0.1, -0.05) is 95.5 Å². The van der Waals surface area contributed by atoms with Crippen molar-refractivity contribution in [3.8, 4) is 0 Å². The molecular formula is C16H33BSi. The van der Waals surface area contributed by atoms with Crippen LogP contribution in [0, 0.1) is 5.92 Å². The lowest BCUT2D eigenvalue weighted by atomic mass is 9.35. The number of unbranched alkanes of at least 4 members (excludes halogenated alkanes) is 1. The standard InChI is InChI=1S/C16H33BSi/c1-5-6-13-17-15-11-7-9-14(10-8-12-15)16(17)18(2,3)4/h14-16H,5-13H2,1-4H3. The van der Waals surface area contributed by atoms with Gasteiger partial charge in [-0.05, 0) is 5.92 Å². The molecule has 2 saturated heterocycles. The SMILES string of the molecule is CCCCB1C2CCCC(CCC2)C1[Si](C)(C)C. The summed E-state index contributed by atoms with van der Waals surface area (Å²) in [4.78, 5) is 0. The van der Waals surface area contributed by atoms with E-state index in [-0.39, 0.29) is 0 Å². The van der Waals surface area contributed by atoms with Crippen molar-refractivity contribution in [1.29, 1.82) is 0 Å². The summed E-state index contributed by atoms with van der Waals surface area (Å²) in [6, 6.07) is 0. The summed E-state index contributed by atoms with van der Waals surface area (Å²) in [6.45, 7) is 11.4. The Morgan fingerprint density at radius 1 is 1.00 bits per heavy atom. The van der Waals surface area contributed by atoms with Gasteiger partial charge in [0.25, 0.3) is 0 Å². The monoisotopic (exact) mass is 264 g/mol. The quantitative estimate of drug-likeness (QED) is 0.556. The first kappa shape index (κ1) is 14.7. The van der Waals surface area contributed by atoms with Crippen LogP contribution in [0.4, 0.5) is 0 Å². The molecular weight excluding hydrogens is 231 g/mol. The number of fused-ring (bicyclic) bond motifs is 3. The first-order valence-corrected chi connectivity index (χ1v) is 12.1. The molecule has 2 aliphatic rings. The van der Waals surface area contributed by atoms with Gasteiger partial charge >= 0.3 is 0 Å². The summed E-state index contributed by atoms with van der Waals surface area (Å²) in [5.74, 6) is 2.20. The number of hydrogen-bond donors (Lipinski definition) is 0. The fourth-order valence-corrected chi connectivity index (χ4v) is 8.68. The molecule has 1 atom stereocenters. The normalized spacial score (nSPS) is 33.3. The van der Waals surface area contributed by atoms with E-state index in [1.165, 1.54) is 12.8 Å². The summed E-state index contributed by atoms with van der Waals surface area (Å²) >= 11 is 0. The second-order valence-electron chi connectivity index (χ2n) is 8.08. The van der Waals surface area contributed by atoms with Gasteiger partial charge < -0.3 is 0 Å². The lowest BCUT2D eigenvalue weighted by molar-refractivity contribution is 0.411. The third kappa shape index (κ3) is 3.24. The molecule has 2 rings (SSSR count). The predicted octanol–water partition coefficient (Wildman–Crippen LogP) is 5.88. The van der Waals surface area contributed by atoms with Crippen molar-refractivity contribution in [2.75, 3.05) is 0 Å². The molecule has 0 nitrogen and oxygen atoms in total. The molecule has 0 N–H and O–H groups in total. The van der Waals surface area contributed by atoms with Crippen molar-refractivity contribution >= 4 is 14.8 Å². The van der Waals surface area contributed by atoms with Crippen molar-refractivity contribution in [2.45, 2.75) is 95.5 Å². The average molecular weight is 264 g/mol. The van der Waals surface area contributed by atoms with Crippen LogP contribution in [-0.4, -0.2) is 14.8 Å². The van der Waals surface area contributed by atoms with E-state index in [2.05, 4.69) is 26.6 Å². The molecule has 1 unspecified atom stereocenters. The Bertz CT molecular complexity index is 248. The summed E-state index contributed by atoms with van der Waals surface area (Å²) in [7, 11) is -0.988. The van der Waals surface area contributed by atoms with E-state index < -0.39 is 8.07 Å². The second-order valence-corrected chi connectivity index (χ2v) is 13.5. The zero-order chi connectivity index (χ0) is 13.2. The molecule has 0 amide bonds. The highest BCUT2D eigenvalue weighted by atomic mass is 28.3. The van der Waals surface area contributed by atoms with Crippen LogP contribution in [0.25, 0.3) is 0 Å². The molecule has 2 heteroatoms. The third-order valence-electron chi connectivity index (χ3n) is 5.77. The molecule has 2 bridgehead atoms. The van der Waals surface area contributed by atoms with E-state index in [4.69, 9.17) is 0 Å². The summed E-state index contributed by atoms with van der Waals surface area (Å²) in [6.07, 6.45) is 13.8. The van der Waals surface area contributed by atoms with Crippen molar-refractivity contribution < 1.29 is 0 Å². The van der Waals surface area contributed by atoms with Crippen LogP contribution in [-0.2, 0) is 0 Å². The van der Waals surface area contributed by atoms with E-state index in [0.29, 0.717) is 0 Å². The zero-order valence-electron chi connectivity index (χ0n) is 13.2. The lowest BCUT2D eigenvalue weighted by Crippen LogP contribution is -2.43. The maximum Gasteiger partial charge on any atom is 0.143 e. The first-order chi connectivity index (χ1) is 8.54. The smallest absolute Gasteiger partial charge is 0.0739 e. The van der Waals surface area contributed by atoms with Gasteiger partial charge in [0.1, 0.15) is 6.71 Å². The minimum atomic E-state index is -0.988. The Morgan fingerprint density at radius 2 is 1.61 bits per heavy atom. The van der Waals surface area contributed by atoms with Gasteiger partial charge in [0.05, 0.1) is 0 Å². The third-order valence-corrected chi connectivity index (χ3v) is 8.66. The predicted molar refractivity (Wildman–Crippen MR) is 87.5 cm³/mol. The minimum Gasteiger partial charge on any atom is -0.0739 e. The molecule has 0 spiro atoms. The first-order valence-electron chi connectivity index (χ1n) is 8.54. The van der Waals surface area contributed by atoms with Crippen LogP contribution in [0.3, 0.4) is 0 Å². The average Bonchev–Trinajstić information content (AvgIpc) is 2.52. The van der Waals surface area contributed by atoms with E-state index in [0.717, 1.165) is 23.9 Å². The number of rotatable bonds is 4. The Balaban J connectivity index is 2.23. The molecule has 0 saturated carbocycles. The van der Waals surface area contributed by atoms with Crippen molar-refractivity contribution in [2.24, 2.45) is 5.92 Å². The molecule has 104 valence electrons. The topological polar surface area (TPSA) is 0 Å². The fraction of sp³-hybridized carbons (Fsp3) is 1.00. The van der Waals surface area contributed by atoms with Gasteiger partial charge in [-0.2, -0.15) is 0 Å². The number of hydrogen-bond acceptors (Lipinski definition) is 0.